The lowest BCUT2D eigenvalue weighted by Crippen LogP contribution is -2.12. The zero-order valence-electron chi connectivity index (χ0n) is 8.72. The van der Waals surface area contributed by atoms with Crippen molar-refractivity contribution >= 4 is 15.9 Å². The van der Waals surface area contributed by atoms with Crippen LogP contribution < -0.4 is 10.9 Å². The van der Waals surface area contributed by atoms with Crippen LogP contribution in [-0.2, 0) is 21.2 Å². The Bertz CT molecular complexity index is 465. The number of hydrogen-bond donors (Lipinski definition) is 2. The van der Waals surface area contributed by atoms with Crippen molar-refractivity contribution in [2.45, 2.75) is 24.2 Å². The van der Waals surface area contributed by atoms with E-state index in [0.29, 0.717) is 19.3 Å². The van der Waals surface area contributed by atoms with E-state index in [2.05, 4.69) is 0 Å². The number of hydrogen-bond acceptors (Lipinski definition) is 3. The molecule has 0 aromatic heterocycles. The number of amides is 1. The van der Waals surface area contributed by atoms with Gasteiger partial charge < -0.3 is 5.73 Å². The minimum Gasteiger partial charge on any atom is -0.370 e. The van der Waals surface area contributed by atoms with Crippen molar-refractivity contribution in [1.82, 2.24) is 0 Å². The molecule has 6 heteroatoms. The lowest BCUT2D eigenvalue weighted by Gasteiger charge is -2.02. The normalized spacial score (nSPS) is 11.3. The molecule has 0 aliphatic rings. The Morgan fingerprint density at radius 2 is 1.75 bits per heavy atom. The topological polar surface area (TPSA) is 103 Å². The molecule has 5 nitrogen and oxygen atoms in total. The Labute approximate surface area is 94.5 Å². The third-order valence-corrected chi connectivity index (χ3v) is 3.07. The molecule has 0 atom stereocenters. The number of primary sulfonamides is 1. The third-order valence-electron chi connectivity index (χ3n) is 2.14. The summed E-state index contributed by atoms with van der Waals surface area (Å²) in [5.41, 5.74) is 5.96. The van der Waals surface area contributed by atoms with Crippen LogP contribution in [0.4, 0.5) is 0 Å². The van der Waals surface area contributed by atoms with Gasteiger partial charge in [0, 0.05) is 6.42 Å². The zero-order valence-corrected chi connectivity index (χ0v) is 9.53. The van der Waals surface area contributed by atoms with Gasteiger partial charge in [-0.2, -0.15) is 0 Å². The van der Waals surface area contributed by atoms with Gasteiger partial charge in [0.15, 0.2) is 0 Å². The van der Waals surface area contributed by atoms with Crippen molar-refractivity contribution in [2.75, 3.05) is 0 Å². The summed E-state index contributed by atoms with van der Waals surface area (Å²) >= 11 is 0. The Balaban J connectivity index is 2.62. The van der Waals surface area contributed by atoms with Crippen molar-refractivity contribution in [2.24, 2.45) is 10.9 Å². The van der Waals surface area contributed by atoms with E-state index < -0.39 is 10.0 Å². The fraction of sp³-hybridized carbons (Fsp3) is 0.300. The summed E-state index contributed by atoms with van der Waals surface area (Å²) in [6, 6.07) is 6.27. The Hall–Kier alpha value is -1.40. The summed E-state index contributed by atoms with van der Waals surface area (Å²) in [6.07, 6.45) is 1.68. The molecule has 0 saturated heterocycles. The number of sulfonamides is 1. The lowest BCUT2D eigenvalue weighted by atomic mass is 10.1. The lowest BCUT2D eigenvalue weighted by molar-refractivity contribution is -0.118. The largest absolute Gasteiger partial charge is 0.370 e. The number of aryl methyl sites for hydroxylation is 1. The van der Waals surface area contributed by atoms with Gasteiger partial charge in [0.1, 0.15) is 0 Å². The molecule has 1 aromatic rings. The first-order valence-electron chi connectivity index (χ1n) is 4.79. The summed E-state index contributed by atoms with van der Waals surface area (Å²) in [4.78, 5) is 10.6. The van der Waals surface area contributed by atoms with E-state index >= 15 is 0 Å². The molecule has 0 heterocycles. The van der Waals surface area contributed by atoms with Crippen molar-refractivity contribution in [3.05, 3.63) is 29.8 Å². The molecular weight excluding hydrogens is 228 g/mol. The van der Waals surface area contributed by atoms with Crippen molar-refractivity contribution < 1.29 is 13.2 Å². The number of carbonyl (C=O) groups excluding carboxylic acids is 1. The summed E-state index contributed by atoms with van der Waals surface area (Å²) in [6.45, 7) is 0. The number of rotatable bonds is 5. The first kappa shape index (κ1) is 12.7. The maximum absolute atomic E-state index is 11.0. The smallest absolute Gasteiger partial charge is 0.238 e. The second kappa shape index (κ2) is 5.09. The Morgan fingerprint density at radius 1 is 1.19 bits per heavy atom. The molecule has 1 aromatic carbocycles. The number of benzene rings is 1. The van der Waals surface area contributed by atoms with E-state index in [4.69, 9.17) is 10.9 Å². The minimum absolute atomic E-state index is 0.0890. The number of primary amides is 1. The van der Waals surface area contributed by atoms with Crippen LogP contribution in [0.1, 0.15) is 18.4 Å². The van der Waals surface area contributed by atoms with E-state index in [1.807, 2.05) is 0 Å². The first-order chi connectivity index (χ1) is 7.39. The van der Waals surface area contributed by atoms with Crippen LogP contribution in [0, 0.1) is 0 Å². The molecular formula is C10H14N2O3S. The number of carbonyl (C=O) groups is 1. The molecule has 88 valence electrons. The van der Waals surface area contributed by atoms with E-state index in [9.17, 15) is 13.2 Å². The Kier molecular flexibility index (Phi) is 4.03. The van der Waals surface area contributed by atoms with Crippen molar-refractivity contribution in [3.63, 3.8) is 0 Å². The monoisotopic (exact) mass is 242 g/mol. The third kappa shape index (κ3) is 4.00. The maximum atomic E-state index is 11.0. The molecule has 1 amide bonds. The van der Waals surface area contributed by atoms with Gasteiger partial charge >= 0.3 is 0 Å². The van der Waals surface area contributed by atoms with Crippen molar-refractivity contribution in [1.29, 1.82) is 0 Å². The van der Waals surface area contributed by atoms with Gasteiger partial charge in [-0.1, -0.05) is 12.1 Å². The second-order valence-corrected chi connectivity index (χ2v) is 5.07. The van der Waals surface area contributed by atoms with E-state index in [-0.39, 0.29) is 10.8 Å². The van der Waals surface area contributed by atoms with Crippen LogP contribution >= 0.6 is 0 Å². The van der Waals surface area contributed by atoms with Crippen LogP contribution in [0.3, 0.4) is 0 Å². The molecule has 4 N–H and O–H groups in total. The molecule has 0 bridgehead atoms. The second-order valence-electron chi connectivity index (χ2n) is 3.51. The molecule has 1 rings (SSSR count). The predicted molar refractivity (Wildman–Crippen MR) is 59.9 cm³/mol. The molecule has 0 aliphatic carbocycles. The van der Waals surface area contributed by atoms with Crippen molar-refractivity contribution in [3.8, 4) is 0 Å². The summed E-state index contributed by atoms with van der Waals surface area (Å²) in [5.74, 6) is -0.332. The number of nitrogens with two attached hydrogens (primary N) is 2. The zero-order chi connectivity index (χ0) is 12.2. The predicted octanol–water partition coefficient (Wildman–Crippen LogP) is 0.142. The van der Waals surface area contributed by atoms with E-state index in [1.54, 1.807) is 12.1 Å². The fourth-order valence-corrected chi connectivity index (χ4v) is 1.83. The average molecular weight is 242 g/mol. The van der Waals surface area contributed by atoms with Gasteiger partial charge in [0.25, 0.3) is 0 Å². The highest BCUT2D eigenvalue weighted by Gasteiger charge is 2.06. The van der Waals surface area contributed by atoms with Crippen LogP contribution in [0.15, 0.2) is 29.2 Å². The van der Waals surface area contributed by atoms with Gasteiger partial charge in [-0.3, -0.25) is 4.79 Å². The molecule has 0 saturated carbocycles. The van der Waals surface area contributed by atoms with Gasteiger partial charge in [-0.15, -0.1) is 0 Å². The Morgan fingerprint density at radius 3 is 2.19 bits per heavy atom. The fourth-order valence-electron chi connectivity index (χ4n) is 1.31. The van der Waals surface area contributed by atoms with Crippen LogP contribution in [0.2, 0.25) is 0 Å². The highest BCUT2D eigenvalue weighted by atomic mass is 32.2. The van der Waals surface area contributed by atoms with Gasteiger partial charge in [-0.25, -0.2) is 13.6 Å². The summed E-state index contributed by atoms with van der Waals surface area (Å²) in [5, 5.41) is 4.96. The SMILES string of the molecule is NC(=O)CCCc1ccc(S(N)(=O)=O)cc1. The maximum Gasteiger partial charge on any atom is 0.238 e. The molecule has 0 fully saturated rings. The molecule has 0 unspecified atom stereocenters. The summed E-state index contributed by atoms with van der Waals surface area (Å²) < 4.78 is 21.9. The van der Waals surface area contributed by atoms with Crippen LogP contribution in [0.5, 0.6) is 0 Å². The van der Waals surface area contributed by atoms with Gasteiger partial charge in [0.2, 0.25) is 15.9 Å². The van der Waals surface area contributed by atoms with Crippen LogP contribution in [-0.4, -0.2) is 14.3 Å². The van der Waals surface area contributed by atoms with E-state index in [1.165, 1.54) is 12.1 Å². The van der Waals surface area contributed by atoms with Gasteiger partial charge in [0.05, 0.1) is 4.90 Å². The quantitative estimate of drug-likeness (QED) is 0.767. The highest BCUT2D eigenvalue weighted by Crippen LogP contribution is 2.10. The van der Waals surface area contributed by atoms with Crippen LogP contribution in [0.25, 0.3) is 0 Å². The molecule has 0 radical (unpaired) electrons. The molecule has 0 spiro atoms. The molecule has 16 heavy (non-hydrogen) atoms. The standard InChI is InChI=1S/C10H14N2O3S/c11-10(13)3-1-2-8-4-6-9(7-5-8)16(12,14)15/h4-7H,1-3H2,(H2,11,13)(H2,12,14,15). The molecule has 0 aliphatic heterocycles. The van der Waals surface area contributed by atoms with E-state index in [0.717, 1.165) is 5.56 Å². The highest BCUT2D eigenvalue weighted by molar-refractivity contribution is 7.89. The summed E-state index contributed by atoms with van der Waals surface area (Å²) in [7, 11) is -3.63. The minimum atomic E-state index is -3.63. The van der Waals surface area contributed by atoms with Gasteiger partial charge in [-0.05, 0) is 30.5 Å². The first-order valence-corrected chi connectivity index (χ1v) is 6.34. The average Bonchev–Trinajstić information content (AvgIpc) is 2.16.